The molecule has 1 fully saturated rings. The minimum atomic E-state index is -4.11. The summed E-state index contributed by atoms with van der Waals surface area (Å²) >= 11 is 0. The van der Waals surface area contributed by atoms with Gasteiger partial charge in [-0.2, -0.15) is 0 Å². The Kier molecular flexibility index (Phi) is 8.77. The molecule has 0 bridgehead atoms. The van der Waals surface area contributed by atoms with E-state index in [2.05, 4.69) is 6.58 Å². The first-order chi connectivity index (χ1) is 13.4. The van der Waals surface area contributed by atoms with Crippen LogP contribution in [0.25, 0.3) is 0 Å². The number of hydrogen-bond acceptors (Lipinski definition) is 11. The Morgan fingerprint density at radius 3 is 1.79 bits per heavy atom. The average Bonchev–Trinajstić information content (AvgIpc) is 2.55. The molecule has 164 valence electrons. The van der Waals surface area contributed by atoms with Gasteiger partial charge in [0.25, 0.3) is 0 Å². The predicted octanol–water partition coefficient (Wildman–Crippen LogP) is -0.330. The Balaban J connectivity index is 3.49. The lowest BCUT2D eigenvalue weighted by atomic mass is 9.99. The second-order valence-electron chi connectivity index (χ2n) is 6.19. The zero-order chi connectivity index (χ0) is 22.4. The molecule has 0 aromatic heterocycles. The first-order valence-electron chi connectivity index (χ1n) is 8.52. The van der Waals surface area contributed by atoms with Crippen molar-refractivity contribution in [1.82, 2.24) is 0 Å². The normalized spacial score (nSPS) is 26.7. The molecule has 0 aliphatic carbocycles. The third-order valence-corrected chi connectivity index (χ3v) is 5.44. The molecule has 0 aromatic carbocycles. The van der Waals surface area contributed by atoms with Crippen molar-refractivity contribution in [3.05, 3.63) is 12.7 Å². The summed E-state index contributed by atoms with van der Waals surface area (Å²) in [5.74, 6) is -3.78. The fourth-order valence-corrected chi connectivity index (χ4v) is 4.19. The van der Waals surface area contributed by atoms with Gasteiger partial charge in [-0.25, -0.2) is 8.42 Å². The van der Waals surface area contributed by atoms with Gasteiger partial charge in [0.15, 0.2) is 33.6 Å². The topological polar surface area (TPSA) is 149 Å². The maximum atomic E-state index is 12.7. The van der Waals surface area contributed by atoms with Gasteiger partial charge in [-0.3, -0.25) is 19.2 Å². The number of rotatable bonds is 8. The summed E-state index contributed by atoms with van der Waals surface area (Å²) in [7, 11) is -4.11. The van der Waals surface area contributed by atoms with E-state index in [1.54, 1.807) is 0 Å². The lowest BCUT2D eigenvalue weighted by Gasteiger charge is -2.43. The summed E-state index contributed by atoms with van der Waals surface area (Å²) in [6, 6.07) is 0. The summed E-state index contributed by atoms with van der Waals surface area (Å²) in [5.41, 5.74) is -1.79. The van der Waals surface area contributed by atoms with Gasteiger partial charge >= 0.3 is 23.9 Å². The number of esters is 4. The maximum absolute atomic E-state index is 12.7. The molecule has 1 heterocycles. The van der Waals surface area contributed by atoms with Gasteiger partial charge in [0.05, 0.1) is 5.75 Å². The highest BCUT2D eigenvalue weighted by atomic mass is 32.2. The Labute approximate surface area is 168 Å². The molecule has 1 saturated heterocycles. The lowest BCUT2D eigenvalue weighted by molar-refractivity contribution is -0.238. The van der Waals surface area contributed by atoms with Crippen LogP contribution >= 0.6 is 0 Å². The van der Waals surface area contributed by atoms with Crippen molar-refractivity contribution in [3.8, 4) is 0 Å². The van der Waals surface area contributed by atoms with Gasteiger partial charge in [-0.15, -0.1) is 6.58 Å². The second-order valence-corrected chi connectivity index (χ2v) is 8.31. The van der Waals surface area contributed by atoms with E-state index in [4.69, 9.17) is 23.7 Å². The monoisotopic (exact) mass is 436 g/mol. The van der Waals surface area contributed by atoms with E-state index >= 15 is 0 Å². The van der Waals surface area contributed by atoms with E-state index < -0.39 is 75.9 Å². The van der Waals surface area contributed by atoms with E-state index in [9.17, 15) is 27.6 Å². The summed E-state index contributed by atoms with van der Waals surface area (Å²) in [6.07, 6.45) is -4.79. The summed E-state index contributed by atoms with van der Waals surface area (Å²) in [6.45, 7) is 7.10. The number of carbonyl (C=O) groups is 4. The molecule has 12 heteroatoms. The fourth-order valence-electron chi connectivity index (χ4n) is 2.74. The molecule has 0 N–H and O–H groups in total. The van der Waals surface area contributed by atoms with E-state index in [0.717, 1.165) is 33.8 Å². The molecular weight excluding hydrogens is 412 g/mol. The highest BCUT2D eigenvalue weighted by Gasteiger charge is 2.55. The van der Waals surface area contributed by atoms with Gasteiger partial charge in [0.2, 0.25) is 0 Å². The lowest BCUT2D eigenvalue weighted by Crippen LogP contribution is -2.64. The molecule has 29 heavy (non-hydrogen) atoms. The molecule has 1 aliphatic heterocycles. The van der Waals surface area contributed by atoms with E-state index in [-0.39, 0.29) is 0 Å². The quantitative estimate of drug-likeness (QED) is 0.280. The minimum Gasteiger partial charge on any atom is -0.463 e. The van der Waals surface area contributed by atoms with Gasteiger partial charge in [-0.05, 0) is 0 Å². The van der Waals surface area contributed by atoms with Crippen LogP contribution in [0.2, 0.25) is 0 Å². The number of hydrogen-bond donors (Lipinski definition) is 0. The van der Waals surface area contributed by atoms with Crippen molar-refractivity contribution in [3.63, 3.8) is 0 Å². The van der Waals surface area contributed by atoms with Crippen LogP contribution in [-0.2, 0) is 52.7 Å². The van der Waals surface area contributed by atoms with Crippen molar-refractivity contribution < 1.29 is 51.3 Å². The third kappa shape index (κ3) is 7.13. The standard InChI is InChI=1S/C17H24O11S/c1-6-7-29(22,23)17-16(27-12(5)21)15(26-11(4)20)14(25-10(3)19)13(28-17)8-24-9(2)18/h6,13-17H,1,7-8H2,2-5H3/t13-,14-,15+,16-,17?/m1/s1. The molecule has 0 spiro atoms. The molecule has 1 unspecified atom stereocenters. The van der Waals surface area contributed by atoms with Crippen molar-refractivity contribution in [1.29, 1.82) is 0 Å². The molecule has 1 rings (SSSR count). The van der Waals surface area contributed by atoms with Crippen molar-refractivity contribution >= 4 is 33.7 Å². The minimum absolute atomic E-state index is 0.502. The van der Waals surface area contributed by atoms with Crippen LogP contribution in [0.1, 0.15) is 27.7 Å². The molecule has 0 radical (unpaired) electrons. The molecular formula is C17H24O11S. The number of sulfone groups is 1. The summed E-state index contributed by atoms with van der Waals surface area (Å²) < 4.78 is 51.1. The summed E-state index contributed by atoms with van der Waals surface area (Å²) in [4.78, 5) is 46.0. The first kappa shape index (κ1) is 24.6. The highest BCUT2D eigenvalue weighted by Crippen LogP contribution is 2.32. The number of ether oxygens (including phenoxy) is 5. The van der Waals surface area contributed by atoms with Crippen molar-refractivity contribution in [2.24, 2.45) is 0 Å². The average molecular weight is 436 g/mol. The van der Waals surface area contributed by atoms with E-state index in [1.165, 1.54) is 0 Å². The van der Waals surface area contributed by atoms with Crippen LogP contribution in [0, 0.1) is 0 Å². The molecule has 5 atom stereocenters. The zero-order valence-corrected chi connectivity index (χ0v) is 17.3. The van der Waals surface area contributed by atoms with E-state index in [0.29, 0.717) is 0 Å². The van der Waals surface area contributed by atoms with Crippen molar-refractivity contribution in [2.75, 3.05) is 12.4 Å². The second kappa shape index (κ2) is 10.3. The largest absolute Gasteiger partial charge is 0.463 e. The Morgan fingerprint density at radius 2 is 1.34 bits per heavy atom. The zero-order valence-electron chi connectivity index (χ0n) is 16.5. The third-order valence-electron chi connectivity index (χ3n) is 3.65. The van der Waals surface area contributed by atoms with Crippen LogP contribution in [0.5, 0.6) is 0 Å². The highest BCUT2D eigenvalue weighted by molar-refractivity contribution is 7.92. The van der Waals surface area contributed by atoms with Crippen LogP contribution in [0.4, 0.5) is 0 Å². The van der Waals surface area contributed by atoms with Crippen LogP contribution < -0.4 is 0 Å². The van der Waals surface area contributed by atoms with Crippen molar-refractivity contribution in [2.45, 2.75) is 57.5 Å². The first-order valence-corrected chi connectivity index (χ1v) is 10.2. The Hall–Kier alpha value is -2.47. The molecule has 1 aliphatic rings. The Bertz CT molecular complexity index is 757. The maximum Gasteiger partial charge on any atom is 0.303 e. The van der Waals surface area contributed by atoms with E-state index in [1.807, 2.05) is 0 Å². The SMILES string of the molecule is C=CCS(=O)(=O)C1O[C@H](COC(C)=O)[C@@H](OC(C)=O)[C@H](OC(C)=O)[C@H]1OC(C)=O. The van der Waals surface area contributed by atoms with Crippen LogP contribution in [-0.4, -0.2) is 74.5 Å². The van der Waals surface area contributed by atoms with Crippen LogP contribution in [0.15, 0.2) is 12.7 Å². The Morgan fingerprint density at radius 1 is 0.862 bits per heavy atom. The van der Waals surface area contributed by atoms with Crippen LogP contribution in [0.3, 0.4) is 0 Å². The fraction of sp³-hybridized carbons (Fsp3) is 0.647. The predicted molar refractivity (Wildman–Crippen MR) is 95.9 cm³/mol. The van der Waals surface area contributed by atoms with Gasteiger partial charge in [-0.1, -0.05) is 6.08 Å². The smallest absolute Gasteiger partial charge is 0.303 e. The molecule has 11 nitrogen and oxygen atoms in total. The summed E-state index contributed by atoms with van der Waals surface area (Å²) in [5, 5.41) is 0. The van der Waals surface area contributed by atoms with Gasteiger partial charge in [0.1, 0.15) is 12.7 Å². The number of carbonyl (C=O) groups excluding carboxylic acids is 4. The molecule has 0 aromatic rings. The molecule has 0 amide bonds. The van der Waals surface area contributed by atoms with Gasteiger partial charge in [0, 0.05) is 27.7 Å². The molecule has 0 saturated carbocycles. The van der Waals surface area contributed by atoms with Gasteiger partial charge < -0.3 is 23.7 Å².